The second kappa shape index (κ2) is 7.65. The maximum absolute atomic E-state index is 10.6. The average Bonchev–Trinajstić information content (AvgIpc) is 3.31. The number of alkyl halides is 3. The van der Waals surface area contributed by atoms with Crippen LogP contribution in [0.25, 0.3) is 22.3 Å². The van der Waals surface area contributed by atoms with Gasteiger partial charge in [-0.1, -0.05) is 6.08 Å². The lowest BCUT2D eigenvalue weighted by Gasteiger charge is -2.10. The Balaban J connectivity index is 0.000000260. The number of allylic oxidation sites excluding steroid dienone is 2. The molecule has 0 unspecified atom stereocenters. The van der Waals surface area contributed by atoms with Crippen LogP contribution in [0.3, 0.4) is 0 Å². The van der Waals surface area contributed by atoms with Crippen LogP contribution in [0.4, 0.5) is 13.2 Å². The van der Waals surface area contributed by atoms with Gasteiger partial charge >= 0.3 is 12.1 Å². The minimum atomic E-state index is -5.08. The van der Waals surface area contributed by atoms with E-state index in [1.54, 1.807) is 0 Å². The van der Waals surface area contributed by atoms with Crippen molar-refractivity contribution < 1.29 is 23.1 Å². The number of carboxylic acids is 1. The zero-order chi connectivity index (χ0) is 19.4. The van der Waals surface area contributed by atoms with Crippen LogP contribution in [0.5, 0.6) is 0 Å². The zero-order valence-electron chi connectivity index (χ0n) is 14.2. The number of halogens is 3. The number of nitrogens with one attached hydrogen (secondary N) is 1. The molecule has 3 aromatic rings. The highest BCUT2D eigenvalue weighted by molar-refractivity contribution is 5.84. The first kappa shape index (κ1) is 18.7. The van der Waals surface area contributed by atoms with Gasteiger partial charge in [0.05, 0.1) is 11.9 Å². The third-order valence-electron chi connectivity index (χ3n) is 4.17. The number of hydrogen-bond donors (Lipinski definition) is 2. The molecule has 1 aliphatic carbocycles. The molecule has 4 rings (SSSR count). The Morgan fingerprint density at radius 2 is 2.04 bits per heavy atom. The SMILES string of the molecule is C1=C(c2cnn(-c3ccnc4[nH]ccc34)c2)CCCC1.O=C(O)C(F)(F)F. The Kier molecular flexibility index (Phi) is 5.29. The van der Waals surface area contributed by atoms with E-state index >= 15 is 0 Å². The fourth-order valence-corrected chi connectivity index (χ4v) is 2.87. The number of H-pyrrole nitrogens is 1. The van der Waals surface area contributed by atoms with E-state index in [0.717, 1.165) is 16.7 Å². The van der Waals surface area contributed by atoms with E-state index in [4.69, 9.17) is 9.90 Å². The molecule has 0 bridgehead atoms. The van der Waals surface area contributed by atoms with E-state index in [1.807, 2.05) is 35.4 Å². The van der Waals surface area contributed by atoms with Crippen LogP contribution in [0.2, 0.25) is 0 Å². The summed E-state index contributed by atoms with van der Waals surface area (Å²) in [6.45, 7) is 0. The van der Waals surface area contributed by atoms with Crippen molar-refractivity contribution in [2.75, 3.05) is 0 Å². The minimum absolute atomic E-state index is 0.899. The number of aromatic nitrogens is 4. The summed E-state index contributed by atoms with van der Waals surface area (Å²) in [5, 5.41) is 12.7. The number of nitrogens with zero attached hydrogens (tertiary/aromatic N) is 3. The normalized spacial score (nSPS) is 14.4. The molecular formula is C18H17F3N4O2. The summed E-state index contributed by atoms with van der Waals surface area (Å²) in [5.74, 6) is -2.76. The van der Waals surface area contributed by atoms with Gasteiger partial charge in [-0.25, -0.2) is 14.5 Å². The van der Waals surface area contributed by atoms with Crippen LogP contribution < -0.4 is 0 Å². The Morgan fingerprint density at radius 1 is 1.26 bits per heavy atom. The number of carbonyl (C=O) groups is 1. The first-order chi connectivity index (χ1) is 12.9. The Morgan fingerprint density at radius 3 is 2.70 bits per heavy atom. The molecule has 0 fully saturated rings. The molecule has 3 heterocycles. The summed E-state index contributed by atoms with van der Waals surface area (Å²) < 4.78 is 33.7. The van der Waals surface area contributed by atoms with E-state index in [1.165, 1.54) is 36.8 Å². The van der Waals surface area contributed by atoms with Crippen molar-refractivity contribution in [2.24, 2.45) is 0 Å². The Bertz CT molecular complexity index is 972. The Labute approximate surface area is 152 Å². The van der Waals surface area contributed by atoms with Crippen molar-refractivity contribution in [3.8, 4) is 5.69 Å². The highest BCUT2D eigenvalue weighted by atomic mass is 19.4. The predicted molar refractivity (Wildman–Crippen MR) is 93.4 cm³/mol. The molecule has 6 nitrogen and oxygen atoms in total. The second-order valence-electron chi connectivity index (χ2n) is 6.02. The smallest absolute Gasteiger partial charge is 0.475 e. The molecule has 1 aliphatic rings. The monoisotopic (exact) mass is 378 g/mol. The van der Waals surface area contributed by atoms with Crippen LogP contribution >= 0.6 is 0 Å². The molecule has 0 radical (unpaired) electrons. The van der Waals surface area contributed by atoms with Gasteiger partial charge in [-0.2, -0.15) is 18.3 Å². The van der Waals surface area contributed by atoms with Crippen molar-refractivity contribution in [3.63, 3.8) is 0 Å². The van der Waals surface area contributed by atoms with Gasteiger partial charge in [0, 0.05) is 29.5 Å². The molecule has 0 atom stereocenters. The van der Waals surface area contributed by atoms with Gasteiger partial charge in [-0.3, -0.25) is 0 Å². The van der Waals surface area contributed by atoms with Gasteiger partial charge in [-0.05, 0) is 43.4 Å². The Hall–Kier alpha value is -3.10. The van der Waals surface area contributed by atoms with Crippen LogP contribution in [-0.2, 0) is 4.79 Å². The van der Waals surface area contributed by atoms with Gasteiger partial charge in [0.2, 0.25) is 0 Å². The molecule has 3 aromatic heterocycles. The number of pyridine rings is 1. The van der Waals surface area contributed by atoms with Crippen LogP contribution in [0.1, 0.15) is 31.2 Å². The summed E-state index contributed by atoms with van der Waals surface area (Å²) >= 11 is 0. The minimum Gasteiger partial charge on any atom is -0.475 e. The maximum Gasteiger partial charge on any atom is 0.490 e. The number of rotatable bonds is 2. The van der Waals surface area contributed by atoms with Crippen LogP contribution in [0, 0.1) is 0 Å². The molecule has 2 N–H and O–H groups in total. The van der Waals surface area contributed by atoms with Gasteiger partial charge in [0.1, 0.15) is 5.65 Å². The predicted octanol–water partition coefficient (Wildman–Crippen LogP) is 4.34. The molecule has 9 heteroatoms. The van der Waals surface area contributed by atoms with Gasteiger partial charge in [-0.15, -0.1) is 0 Å². The first-order valence-electron chi connectivity index (χ1n) is 8.33. The lowest BCUT2D eigenvalue weighted by Crippen LogP contribution is -2.21. The summed E-state index contributed by atoms with van der Waals surface area (Å²) in [6, 6.07) is 4.04. The van der Waals surface area contributed by atoms with Crippen molar-refractivity contribution in [2.45, 2.75) is 31.9 Å². The van der Waals surface area contributed by atoms with Crippen LogP contribution in [-0.4, -0.2) is 37.0 Å². The highest BCUT2D eigenvalue weighted by Crippen LogP contribution is 2.27. The molecule has 0 aliphatic heterocycles. The molecule has 0 aromatic carbocycles. The number of aromatic amines is 1. The van der Waals surface area contributed by atoms with Crippen molar-refractivity contribution in [3.05, 3.63) is 48.6 Å². The summed E-state index contributed by atoms with van der Waals surface area (Å²) in [5.41, 5.74) is 4.64. The average molecular weight is 378 g/mol. The lowest BCUT2D eigenvalue weighted by molar-refractivity contribution is -0.192. The number of hydrogen-bond acceptors (Lipinski definition) is 3. The summed E-state index contributed by atoms with van der Waals surface area (Å²) in [7, 11) is 0. The standard InChI is InChI=1S/C16H16N4.C2HF3O2/c1-2-4-12(5-3-1)13-10-19-20(11-13)15-7-9-18-16-14(15)6-8-17-16;3-2(4,5)1(6)7/h4,6-11H,1-3,5H2,(H,17,18);(H,6,7). The lowest BCUT2D eigenvalue weighted by atomic mass is 9.96. The topological polar surface area (TPSA) is 83.8 Å². The van der Waals surface area contributed by atoms with Crippen molar-refractivity contribution >= 4 is 22.6 Å². The fraction of sp³-hybridized carbons (Fsp3) is 0.278. The second-order valence-corrected chi connectivity index (χ2v) is 6.02. The van der Waals surface area contributed by atoms with Crippen LogP contribution in [0.15, 0.2) is 43.0 Å². The van der Waals surface area contributed by atoms with Crippen molar-refractivity contribution in [1.29, 1.82) is 0 Å². The quantitative estimate of drug-likeness (QED) is 0.695. The summed E-state index contributed by atoms with van der Waals surface area (Å²) in [4.78, 5) is 16.3. The zero-order valence-corrected chi connectivity index (χ0v) is 14.2. The summed E-state index contributed by atoms with van der Waals surface area (Å²) in [6.07, 6.45) is 10.0. The molecular weight excluding hydrogens is 361 g/mol. The maximum atomic E-state index is 10.6. The largest absolute Gasteiger partial charge is 0.490 e. The number of carboxylic acid groups (broad SMARTS) is 1. The third-order valence-corrected chi connectivity index (χ3v) is 4.17. The molecule has 27 heavy (non-hydrogen) atoms. The molecule has 0 spiro atoms. The van der Waals surface area contributed by atoms with Gasteiger partial charge in [0.15, 0.2) is 0 Å². The molecule has 0 amide bonds. The number of fused-ring (bicyclic) bond motifs is 1. The molecule has 0 saturated carbocycles. The van der Waals surface area contributed by atoms with E-state index in [9.17, 15) is 13.2 Å². The van der Waals surface area contributed by atoms with E-state index in [-0.39, 0.29) is 0 Å². The molecule has 0 saturated heterocycles. The highest BCUT2D eigenvalue weighted by Gasteiger charge is 2.38. The first-order valence-corrected chi connectivity index (χ1v) is 8.33. The van der Waals surface area contributed by atoms with Gasteiger partial charge < -0.3 is 10.1 Å². The van der Waals surface area contributed by atoms with Gasteiger partial charge in [0.25, 0.3) is 0 Å². The van der Waals surface area contributed by atoms with Crippen molar-refractivity contribution in [1.82, 2.24) is 19.7 Å². The number of aliphatic carboxylic acids is 1. The molecule has 142 valence electrons. The van der Waals surface area contributed by atoms with E-state index < -0.39 is 12.1 Å². The third kappa shape index (κ3) is 4.36. The van der Waals surface area contributed by atoms with E-state index in [2.05, 4.69) is 27.3 Å². The fourth-order valence-electron chi connectivity index (χ4n) is 2.87. The van der Waals surface area contributed by atoms with E-state index in [0.29, 0.717) is 0 Å².